The molecule has 7 nitrogen and oxygen atoms in total. The average molecular weight is 376 g/mol. The van der Waals surface area contributed by atoms with Crippen LogP contribution in [0.1, 0.15) is 24.0 Å². The van der Waals surface area contributed by atoms with E-state index >= 15 is 0 Å². The van der Waals surface area contributed by atoms with Gasteiger partial charge in [0.1, 0.15) is 11.4 Å². The van der Waals surface area contributed by atoms with Gasteiger partial charge >= 0.3 is 0 Å². The van der Waals surface area contributed by atoms with E-state index in [2.05, 4.69) is 6.07 Å². The van der Waals surface area contributed by atoms with Crippen molar-refractivity contribution in [1.29, 1.82) is 5.26 Å². The first-order valence-electron chi connectivity index (χ1n) is 9.23. The van der Waals surface area contributed by atoms with Gasteiger partial charge < -0.3 is 15.2 Å². The molecular formula is C21H20N4O3. The minimum Gasteiger partial charge on any atom is -0.484 e. The highest BCUT2D eigenvalue weighted by Gasteiger charge is 2.55. The van der Waals surface area contributed by atoms with Crippen molar-refractivity contribution in [2.45, 2.75) is 24.2 Å². The highest BCUT2D eigenvalue weighted by Crippen LogP contribution is 2.52. The molecule has 3 aliphatic rings. The second-order valence-electron chi connectivity index (χ2n) is 7.51. The standard InChI is InChI=1S/C21H20N4O3/c1-25-19(23)24-21(28-25)12-20(7-8-26-13-20)27-18-6-5-16(10-17(18)21)15-4-2-3-14(9-15)11-22/h2-6,9-10H,7-8,12-13H2,1H3,(H2,23,24)/t20-,21+/m0/s1. The maximum Gasteiger partial charge on any atom is 0.222 e. The highest BCUT2D eigenvalue weighted by atomic mass is 16.7. The lowest BCUT2D eigenvalue weighted by molar-refractivity contribution is -0.203. The van der Waals surface area contributed by atoms with Crippen LogP contribution in [-0.2, 0) is 15.3 Å². The summed E-state index contributed by atoms with van der Waals surface area (Å²) in [7, 11) is 1.75. The van der Waals surface area contributed by atoms with Crippen molar-refractivity contribution >= 4 is 5.96 Å². The number of rotatable bonds is 1. The molecule has 3 heterocycles. The molecule has 1 saturated heterocycles. The van der Waals surface area contributed by atoms with E-state index in [-0.39, 0.29) is 0 Å². The van der Waals surface area contributed by atoms with Gasteiger partial charge in [0.25, 0.3) is 0 Å². The van der Waals surface area contributed by atoms with Gasteiger partial charge in [0, 0.05) is 19.9 Å². The fourth-order valence-electron chi connectivity index (χ4n) is 4.21. The number of nitrogens with two attached hydrogens (primary N) is 1. The Balaban J connectivity index is 1.65. The van der Waals surface area contributed by atoms with E-state index in [1.807, 2.05) is 36.4 Å². The first kappa shape index (κ1) is 17.0. The molecule has 2 aromatic rings. The summed E-state index contributed by atoms with van der Waals surface area (Å²) in [6, 6.07) is 15.6. The molecule has 0 bridgehead atoms. The minimum atomic E-state index is -0.942. The number of benzene rings is 2. The summed E-state index contributed by atoms with van der Waals surface area (Å²) in [6.07, 6.45) is 1.31. The van der Waals surface area contributed by atoms with Gasteiger partial charge in [0.15, 0.2) is 0 Å². The molecule has 28 heavy (non-hydrogen) atoms. The number of fused-ring (bicyclic) bond motifs is 2. The van der Waals surface area contributed by atoms with Crippen LogP contribution in [0.4, 0.5) is 0 Å². The van der Waals surface area contributed by atoms with Gasteiger partial charge in [-0.1, -0.05) is 18.2 Å². The second-order valence-corrected chi connectivity index (χ2v) is 7.51. The molecule has 0 unspecified atom stereocenters. The summed E-state index contributed by atoms with van der Waals surface area (Å²) in [5, 5.41) is 10.7. The van der Waals surface area contributed by atoms with E-state index in [9.17, 15) is 5.26 Å². The maximum atomic E-state index is 9.21. The quantitative estimate of drug-likeness (QED) is 0.822. The largest absolute Gasteiger partial charge is 0.484 e. The van der Waals surface area contributed by atoms with Gasteiger partial charge in [-0.2, -0.15) is 5.26 Å². The first-order valence-corrected chi connectivity index (χ1v) is 9.23. The molecule has 5 rings (SSSR count). The average Bonchev–Trinajstić information content (AvgIpc) is 3.26. The van der Waals surface area contributed by atoms with Crippen LogP contribution < -0.4 is 10.5 Å². The predicted molar refractivity (Wildman–Crippen MR) is 102 cm³/mol. The Labute approximate surface area is 162 Å². The van der Waals surface area contributed by atoms with E-state index in [0.29, 0.717) is 31.2 Å². The molecule has 2 spiro atoms. The van der Waals surface area contributed by atoms with E-state index < -0.39 is 11.3 Å². The second kappa shape index (κ2) is 5.96. The molecule has 2 aromatic carbocycles. The van der Waals surface area contributed by atoms with Crippen LogP contribution in [0.25, 0.3) is 11.1 Å². The van der Waals surface area contributed by atoms with Crippen LogP contribution in [0.2, 0.25) is 0 Å². The number of guanidine groups is 1. The molecule has 7 heteroatoms. The van der Waals surface area contributed by atoms with Crippen LogP contribution in [0.3, 0.4) is 0 Å². The van der Waals surface area contributed by atoms with E-state index in [4.69, 9.17) is 25.0 Å². The lowest BCUT2D eigenvalue weighted by atomic mass is 9.83. The summed E-state index contributed by atoms with van der Waals surface area (Å²) in [4.78, 5) is 10.9. The number of hydrogen-bond donors (Lipinski definition) is 1. The van der Waals surface area contributed by atoms with Crippen LogP contribution >= 0.6 is 0 Å². The molecule has 0 amide bonds. The fourth-order valence-corrected chi connectivity index (χ4v) is 4.21. The Morgan fingerprint density at radius 1 is 1.21 bits per heavy atom. The molecule has 2 N–H and O–H groups in total. The number of nitriles is 1. The molecule has 0 aromatic heterocycles. The Morgan fingerprint density at radius 2 is 2.07 bits per heavy atom. The molecule has 1 fully saturated rings. The van der Waals surface area contributed by atoms with Crippen LogP contribution in [0.15, 0.2) is 47.5 Å². The van der Waals surface area contributed by atoms with Crippen LogP contribution in [0, 0.1) is 11.3 Å². The topological polar surface area (TPSA) is 93.1 Å². The van der Waals surface area contributed by atoms with Gasteiger partial charge in [0.05, 0.1) is 30.4 Å². The van der Waals surface area contributed by atoms with Crippen LogP contribution in [0.5, 0.6) is 5.75 Å². The molecule has 142 valence electrons. The predicted octanol–water partition coefficient (Wildman–Crippen LogP) is 2.51. The molecule has 0 saturated carbocycles. The Bertz CT molecular complexity index is 1020. The zero-order chi connectivity index (χ0) is 19.4. The van der Waals surface area contributed by atoms with Crippen molar-refractivity contribution < 1.29 is 14.3 Å². The summed E-state index contributed by atoms with van der Waals surface area (Å²) >= 11 is 0. The van der Waals surface area contributed by atoms with Gasteiger partial charge in [-0.05, 0) is 35.4 Å². The molecule has 0 radical (unpaired) electrons. The molecule has 0 aliphatic carbocycles. The third kappa shape index (κ3) is 2.53. The van der Waals surface area contributed by atoms with Gasteiger partial charge in [-0.3, -0.25) is 0 Å². The SMILES string of the molecule is CN1O[C@@]2(C[C@]3(CCOC3)Oc3ccc(-c4cccc(C#N)c4)cc32)N=C1N. The van der Waals surface area contributed by atoms with E-state index in [1.165, 1.54) is 5.06 Å². The van der Waals surface area contributed by atoms with Crippen molar-refractivity contribution in [3.05, 3.63) is 53.6 Å². The van der Waals surface area contributed by atoms with Gasteiger partial charge in [-0.25, -0.2) is 14.9 Å². The number of nitrogens with zero attached hydrogens (tertiary/aromatic N) is 3. The van der Waals surface area contributed by atoms with Crippen molar-refractivity contribution in [3.63, 3.8) is 0 Å². The zero-order valence-corrected chi connectivity index (χ0v) is 15.5. The number of ether oxygens (including phenoxy) is 2. The van der Waals surface area contributed by atoms with Gasteiger partial charge in [0.2, 0.25) is 11.7 Å². The number of hydroxylamine groups is 2. The third-order valence-corrected chi connectivity index (χ3v) is 5.59. The maximum absolute atomic E-state index is 9.21. The zero-order valence-electron chi connectivity index (χ0n) is 15.5. The molecule has 3 aliphatic heterocycles. The first-order chi connectivity index (χ1) is 13.5. The third-order valence-electron chi connectivity index (χ3n) is 5.59. The van der Waals surface area contributed by atoms with Crippen molar-refractivity contribution in [2.75, 3.05) is 20.3 Å². The highest BCUT2D eigenvalue weighted by molar-refractivity contribution is 5.79. The lowest BCUT2D eigenvalue weighted by Crippen LogP contribution is -2.49. The normalized spacial score (nSPS) is 28.1. The van der Waals surface area contributed by atoms with Gasteiger partial charge in [-0.15, -0.1) is 0 Å². The fraction of sp³-hybridized carbons (Fsp3) is 0.333. The van der Waals surface area contributed by atoms with Crippen LogP contribution in [-0.4, -0.2) is 36.9 Å². The minimum absolute atomic E-state index is 0.332. The van der Waals surface area contributed by atoms with E-state index in [0.717, 1.165) is 28.9 Å². The Hall–Kier alpha value is -3.08. The summed E-state index contributed by atoms with van der Waals surface area (Å²) in [5.74, 6) is 1.06. The summed E-state index contributed by atoms with van der Waals surface area (Å²) < 4.78 is 12.0. The van der Waals surface area contributed by atoms with Crippen molar-refractivity contribution in [1.82, 2.24) is 5.06 Å². The Kier molecular flexibility index (Phi) is 3.63. The smallest absolute Gasteiger partial charge is 0.222 e. The summed E-state index contributed by atoms with van der Waals surface area (Å²) in [6.45, 7) is 1.15. The van der Waals surface area contributed by atoms with Crippen molar-refractivity contribution in [2.24, 2.45) is 10.7 Å². The van der Waals surface area contributed by atoms with Crippen molar-refractivity contribution in [3.8, 4) is 22.9 Å². The molecular weight excluding hydrogens is 356 g/mol. The number of hydrogen-bond acceptors (Lipinski definition) is 7. The molecule has 2 atom stereocenters. The lowest BCUT2D eigenvalue weighted by Gasteiger charge is -2.42. The number of aliphatic imine (C=N–C) groups is 1. The summed E-state index contributed by atoms with van der Waals surface area (Å²) in [5.41, 5.74) is 8.00. The Morgan fingerprint density at radius 3 is 2.79 bits per heavy atom. The van der Waals surface area contributed by atoms with E-state index in [1.54, 1.807) is 13.1 Å². The monoisotopic (exact) mass is 376 g/mol.